The van der Waals surface area contributed by atoms with E-state index in [2.05, 4.69) is 5.32 Å². The van der Waals surface area contributed by atoms with Gasteiger partial charge in [0.2, 0.25) is 5.91 Å². The molecule has 1 fully saturated rings. The molecular weight excluding hydrogens is 407 g/mol. The minimum atomic E-state index is -0.601. The van der Waals surface area contributed by atoms with E-state index in [0.29, 0.717) is 18.7 Å². The maximum Gasteiger partial charge on any atom is 0.261 e. The van der Waals surface area contributed by atoms with Crippen molar-refractivity contribution in [3.63, 3.8) is 0 Å². The Hall–Kier alpha value is -2.89. The minimum Gasteiger partial charge on any atom is -0.481 e. The molecule has 0 radical (unpaired) electrons. The van der Waals surface area contributed by atoms with Gasteiger partial charge in [0.05, 0.1) is 6.04 Å². The van der Waals surface area contributed by atoms with E-state index < -0.39 is 6.10 Å². The van der Waals surface area contributed by atoms with Gasteiger partial charge in [-0.15, -0.1) is 0 Å². The lowest BCUT2D eigenvalue weighted by Crippen LogP contribution is -2.42. The summed E-state index contributed by atoms with van der Waals surface area (Å²) in [4.78, 5) is 27.5. The van der Waals surface area contributed by atoms with Crippen molar-refractivity contribution in [2.45, 2.75) is 64.6 Å². The first-order valence-corrected chi connectivity index (χ1v) is 11.5. The Morgan fingerprint density at radius 1 is 1.19 bits per heavy atom. The quantitative estimate of drug-likeness (QED) is 0.698. The van der Waals surface area contributed by atoms with Gasteiger partial charge in [-0.05, 0) is 80.5 Å². The number of nitrogens with zero attached hydrogens (tertiary/aromatic N) is 1. The summed E-state index contributed by atoms with van der Waals surface area (Å²) in [5, 5.41) is 2.90. The number of fused-ring (bicyclic) bond motifs is 1. The van der Waals surface area contributed by atoms with Crippen molar-refractivity contribution in [2.24, 2.45) is 5.92 Å². The molecule has 170 valence electrons. The predicted octanol–water partition coefficient (Wildman–Crippen LogP) is 4.39. The van der Waals surface area contributed by atoms with E-state index in [9.17, 15) is 14.0 Å². The van der Waals surface area contributed by atoms with Crippen LogP contribution >= 0.6 is 0 Å². The lowest BCUT2D eigenvalue weighted by atomic mass is 9.87. The van der Waals surface area contributed by atoms with Crippen LogP contribution in [0.5, 0.6) is 5.75 Å². The van der Waals surface area contributed by atoms with Crippen LogP contribution in [0.1, 0.15) is 62.8 Å². The van der Waals surface area contributed by atoms with Crippen molar-refractivity contribution in [1.82, 2.24) is 10.2 Å². The van der Waals surface area contributed by atoms with E-state index in [1.165, 1.54) is 12.1 Å². The highest BCUT2D eigenvalue weighted by molar-refractivity contribution is 5.82. The molecule has 4 rings (SSSR count). The fraction of sp³-hybridized carbons (Fsp3) is 0.462. The summed E-state index contributed by atoms with van der Waals surface area (Å²) in [6.07, 6.45) is 2.52. The van der Waals surface area contributed by atoms with Gasteiger partial charge < -0.3 is 15.0 Å². The van der Waals surface area contributed by atoms with E-state index in [4.69, 9.17) is 4.74 Å². The number of carbonyl (C=O) groups is 2. The molecule has 2 unspecified atom stereocenters. The van der Waals surface area contributed by atoms with Crippen LogP contribution in [0.2, 0.25) is 0 Å². The Kier molecular flexibility index (Phi) is 6.49. The fourth-order valence-electron chi connectivity index (χ4n) is 4.37. The maximum absolute atomic E-state index is 14.1. The topological polar surface area (TPSA) is 58.6 Å². The zero-order chi connectivity index (χ0) is 22.8. The van der Waals surface area contributed by atoms with E-state index >= 15 is 0 Å². The average Bonchev–Trinajstić information content (AvgIpc) is 3.61. The van der Waals surface area contributed by atoms with Gasteiger partial charge in [-0.1, -0.05) is 25.1 Å². The number of benzene rings is 2. The molecule has 1 N–H and O–H groups in total. The Bertz CT molecular complexity index is 1000. The zero-order valence-electron chi connectivity index (χ0n) is 18.9. The van der Waals surface area contributed by atoms with Gasteiger partial charge in [-0.3, -0.25) is 9.59 Å². The molecule has 5 nitrogen and oxygen atoms in total. The molecule has 1 aliphatic carbocycles. The molecule has 2 aliphatic rings. The molecule has 2 atom stereocenters. The molecule has 32 heavy (non-hydrogen) atoms. The highest BCUT2D eigenvalue weighted by atomic mass is 19.1. The van der Waals surface area contributed by atoms with Gasteiger partial charge in [-0.2, -0.15) is 0 Å². The van der Waals surface area contributed by atoms with Gasteiger partial charge in [-0.25, -0.2) is 4.39 Å². The highest BCUT2D eigenvalue weighted by Gasteiger charge is 2.39. The fourth-order valence-corrected chi connectivity index (χ4v) is 4.37. The molecule has 0 bridgehead atoms. The van der Waals surface area contributed by atoms with Gasteiger partial charge >= 0.3 is 0 Å². The van der Waals surface area contributed by atoms with Gasteiger partial charge in [0.25, 0.3) is 5.91 Å². The lowest BCUT2D eigenvalue weighted by Gasteiger charge is -2.38. The van der Waals surface area contributed by atoms with E-state index in [-0.39, 0.29) is 35.6 Å². The van der Waals surface area contributed by atoms with Crippen LogP contribution in [0.15, 0.2) is 42.5 Å². The van der Waals surface area contributed by atoms with Crippen molar-refractivity contribution in [2.75, 3.05) is 6.54 Å². The van der Waals surface area contributed by atoms with Crippen molar-refractivity contribution in [3.05, 3.63) is 65.0 Å². The van der Waals surface area contributed by atoms with E-state index in [0.717, 1.165) is 36.0 Å². The van der Waals surface area contributed by atoms with Crippen LogP contribution in [0, 0.1) is 11.7 Å². The Morgan fingerprint density at radius 2 is 1.97 bits per heavy atom. The van der Waals surface area contributed by atoms with E-state index in [1.807, 2.05) is 49.9 Å². The second-order valence-electron chi connectivity index (χ2n) is 9.05. The summed E-state index contributed by atoms with van der Waals surface area (Å²) in [7, 11) is 0. The van der Waals surface area contributed by atoms with Crippen molar-refractivity contribution in [3.8, 4) is 5.75 Å². The Balaban J connectivity index is 1.68. The monoisotopic (exact) mass is 438 g/mol. The number of halogens is 1. The van der Waals surface area contributed by atoms with Crippen molar-refractivity contribution in [1.29, 1.82) is 0 Å². The first-order chi connectivity index (χ1) is 15.4. The van der Waals surface area contributed by atoms with Gasteiger partial charge in [0.1, 0.15) is 11.6 Å². The van der Waals surface area contributed by atoms with Crippen LogP contribution in [-0.2, 0) is 16.0 Å². The second kappa shape index (κ2) is 9.31. The van der Waals surface area contributed by atoms with Crippen LogP contribution in [0.25, 0.3) is 0 Å². The van der Waals surface area contributed by atoms with Crippen molar-refractivity contribution >= 4 is 11.8 Å². The standard InChI is InChI=1S/C26H31FN2O3/c1-4-23(25(30)28-16(2)3)32-21-11-10-17-12-13-29(26(31)18-8-9-18)24(22(17)15-21)19-6-5-7-20(27)14-19/h5-7,10-11,14-16,18,23-24H,4,8-9,12-13H2,1-3H3,(H,28,30). The molecule has 0 spiro atoms. The Labute approximate surface area is 188 Å². The minimum absolute atomic E-state index is 0.0306. The number of amides is 2. The molecule has 2 aromatic rings. The summed E-state index contributed by atoms with van der Waals surface area (Å²) >= 11 is 0. The molecule has 0 saturated heterocycles. The summed E-state index contributed by atoms with van der Waals surface area (Å²) in [5.74, 6) is 0.330. The smallest absolute Gasteiger partial charge is 0.261 e. The third-order valence-corrected chi connectivity index (χ3v) is 6.09. The number of ether oxygens (including phenoxy) is 1. The summed E-state index contributed by atoms with van der Waals surface area (Å²) < 4.78 is 20.2. The number of hydrogen-bond acceptors (Lipinski definition) is 3. The molecule has 2 aromatic carbocycles. The zero-order valence-corrected chi connectivity index (χ0v) is 18.9. The van der Waals surface area contributed by atoms with Gasteiger partial charge in [0, 0.05) is 18.5 Å². The van der Waals surface area contributed by atoms with Crippen LogP contribution in [-0.4, -0.2) is 35.4 Å². The molecule has 1 aliphatic heterocycles. The second-order valence-corrected chi connectivity index (χ2v) is 9.05. The largest absolute Gasteiger partial charge is 0.481 e. The summed E-state index contributed by atoms with van der Waals surface area (Å²) in [6, 6.07) is 11.9. The molecule has 0 aromatic heterocycles. The van der Waals surface area contributed by atoms with Crippen molar-refractivity contribution < 1.29 is 18.7 Å². The molecule has 1 heterocycles. The lowest BCUT2D eigenvalue weighted by molar-refractivity contribution is -0.134. The normalized spacial score (nSPS) is 18.8. The number of nitrogens with one attached hydrogen (secondary N) is 1. The number of hydrogen-bond donors (Lipinski definition) is 1. The molecule has 2 amide bonds. The maximum atomic E-state index is 14.1. The molecule has 1 saturated carbocycles. The average molecular weight is 439 g/mol. The third-order valence-electron chi connectivity index (χ3n) is 6.09. The van der Waals surface area contributed by atoms with Crippen LogP contribution < -0.4 is 10.1 Å². The predicted molar refractivity (Wildman–Crippen MR) is 121 cm³/mol. The number of rotatable bonds is 7. The summed E-state index contributed by atoms with van der Waals surface area (Å²) in [6.45, 7) is 6.35. The van der Waals surface area contributed by atoms with E-state index in [1.54, 1.807) is 6.07 Å². The first kappa shape index (κ1) is 22.3. The molecule has 6 heteroatoms. The van der Waals surface area contributed by atoms with Crippen LogP contribution in [0.3, 0.4) is 0 Å². The highest BCUT2D eigenvalue weighted by Crippen LogP contribution is 2.41. The van der Waals surface area contributed by atoms with Crippen LogP contribution in [0.4, 0.5) is 4.39 Å². The molecular formula is C26H31FN2O3. The SMILES string of the molecule is CCC(Oc1ccc2c(c1)C(c1cccc(F)c1)N(C(=O)C1CC1)CC2)C(=O)NC(C)C. The van der Waals surface area contributed by atoms with Gasteiger partial charge in [0.15, 0.2) is 6.10 Å². The Morgan fingerprint density at radius 3 is 2.62 bits per heavy atom. The number of carbonyl (C=O) groups excluding carboxylic acids is 2. The summed E-state index contributed by atoms with van der Waals surface area (Å²) in [5.41, 5.74) is 2.81. The third kappa shape index (κ3) is 4.79. The first-order valence-electron chi connectivity index (χ1n) is 11.5.